The van der Waals surface area contributed by atoms with Gasteiger partial charge in [0.25, 0.3) is 5.91 Å². The van der Waals surface area contributed by atoms with E-state index in [2.05, 4.69) is 12.1 Å². The summed E-state index contributed by atoms with van der Waals surface area (Å²) in [7, 11) is 0. The first kappa shape index (κ1) is 18.1. The van der Waals surface area contributed by atoms with E-state index < -0.39 is 5.60 Å². The van der Waals surface area contributed by atoms with Crippen LogP contribution >= 0.6 is 0 Å². The fraction of sp³-hybridized carbons (Fsp3) is 0.409. The van der Waals surface area contributed by atoms with Crippen LogP contribution in [0.2, 0.25) is 0 Å². The highest BCUT2D eigenvalue weighted by Gasteiger charge is 2.45. The van der Waals surface area contributed by atoms with Crippen molar-refractivity contribution in [2.45, 2.75) is 43.9 Å². The van der Waals surface area contributed by atoms with Gasteiger partial charge in [-0.2, -0.15) is 0 Å². The number of fused-ring (bicyclic) bond motifs is 1. The fourth-order valence-electron chi connectivity index (χ4n) is 4.34. The Morgan fingerprint density at radius 1 is 1.22 bits per heavy atom. The van der Waals surface area contributed by atoms with Gasteiger partial charge in [0.2, 0.25) is 0 Å². The number of ether oxygens (including phenoxy) is 1. The van der Waals surface area contributed by atoms with Crippen molar-refractivity contribution in [3.8, 4) is 0 Å². The monoisotopic (exact) mass is 368 g/mol. The first-order valence-electron chi connectivity index (χ1n) is 9.52. The minimum Gasteiger partial charge on any atom is -0.365 e. The molecule has 4 nitrogen and oxygen atoms in total. The second-order valence-corrected chi connectivity index (χ2v) is 7.73. The molecule has 0 saturated carbocycles. The summed E-state index contributed by atoms with van der Waals surface area (Å²) < 4.78 is 19.4. The third kappa shape index (κ3) is 3.37. The predicted molar refractivity (Wildman–Crippen MR) is 102 cm³/mol. The lowest BCUT2D eigenvalue weighted by Crippen LogP contribution is -2.56. The first-order valence-corrected chi connectivity index (χ1v) is 9.52. The van der Waals surface area contributed by atoms with E-state index in [1.54, 1.807) is 12.1 Å². The maximum atomic E-state index is 13.6. The molecule has 0 aliphatic carbocycles. The van der Waals surface area contributed by atoms with Crippen molar-refractivity contribution in [1.82, 2.24) is 4.90 Å². The Labute approximate surface area is 159 Å². The van der Waals surface area contributed by atoms with Gasteiger partial charge >= 0.3 is 0 Å². The van der Waals surface area contributed by atoms with Crippen LogP contribution in [0.4, 0.5) is 4.39 Å². The van der Waals surface area contributed by atoms with Crippen LogP contribution < -0.4 is 5.73 Å². The third-order valence-electron chi connectivity index (χ3n) is 5.74. The van der Waals surface area contributed by atoms with Crippen molar-refractivity contribution in [2.75, 3.05) is 13.2 Å². The molecule has 1 amide bonds. The van der Waals surface area contributed by atoms with Crippen molar-refractivity contribution in [1.29, 1.82) is 0 Å². The van der Waals surface area contributed by atoms with Gasteiger partial charge in [0, 0.05) is 25.6 Å². The molecule has 2 aliphatic rings. The molecule has 5 heteroatoms. The van der Waals surface area contributed by atoms with Gasteiger partial charge in [0.1, 0.15) is 11.4 Å². The molecule has 0 radical (unpaired) electrons. The molecule has 142 valence electrons. The Morgan fingerprint density at radius 3 is 2.70 bits per heavy atom. The maximum absolute atomic E-state index is 13.6. The van der Waals surface area contributed by atoms with Gasteiger partial charge in [-0.3, -0.25) is 4.79 Å². The lowest BCUT2D eigenvalue weighted by atomic mass is 9.85. The van der Waals surface area contributed by atoms with E-state index in [0.29, 0.717) is 19.6 Å². The number of hydrogen-bond donors (Lipinski definition) is 1. The van der Waals surface area contributed by atoms with Gasteiger partial charge in [-0.25, -0.2) is 4.39 Å². The third-order valence-corrected chi connectivity index (χ3v) is 5.74. The SMILES string of the molecule is C[C@]1(C(=O)N2CCc3ccccc3[C@@H]2c2ccc(F)cc2)C[C@H](N)CCO1. The van der Waals surface area contributed by atoms with Crippen molar-refractivity contribution in [3.63, 3.8) is 0 Å². The minimum absolute atomic E-state index is 0.0333. The standard InChI is InChI=1S/C22H25FN2O2/c1-22(14-18(24)11-13-27-22)21(26)25-12-10-15-4-2-3-5-19(15)20(25)16-6-8-17(23)9-7-16/h2-9,18,20H,10-14,24H2,1H3/t18-,20+,22-/m1/s1. The number of halogens is 1. The highest BCUT2D eigenvalue weighted by atomic mass is 19.1. The molecule has 27 heavy (non-hydrogen) atoms. The Bertz CT molecular complexity index is 838. The number of carbonyl (C=O) groups excluding carboxylic acids is 1. The summed E-state index contributed by atoms with van der Waals surface area (Å²) in [6.07, 6.45) is 2.08. The number of nitrogens with two attached hydrogens (primary N) is 1. The summed E-state index contributed by atoms with van der Waals surface area (Å²) in [6, 6.07) is 14.3. The molecule has 0 unspecified atom stereocenters. The van der Waals surface area contributed by atoms with Gasteiger partial charge in [0.15, 0.2) is 0 Å². The summed E-state index contributed by atoms with van der Waals surface area (Å²) in [6.45, 7) is 2.94. The molecule has 2 heterocycles. The zero-order chi connectivity index (χ0) is 19.0. The molecular formula is C22H25FN2O2. The van der Waals surface area contributed by atoms with E-state index in [4.69, 9.17) is 10.5 Å². The number of benzene rings is 2. The summed E-state index contributed by atoms with van der Waals surface area (Å²) in [4.78, 5) is 15.4. The molecule has 2 aromatic rings. The molecular weight excluding hydrogens is 343 g/mol. The molecule has 0 aromatic heterocycles. The topological polar surface area (TPSA) is 55.6 Å². The van der Waals surface area contributed by atoms with Crippen LogP contribution in [-0.2, 0) is 16.0 Å². The van der Waals surface area contributed by atoms with Crippen LogP contribution in [-0.4, -0.2) is 35.6 Å². The number of rotatable bonds is 2. The van der Waals surface area contributed by atoms with Crippen molar-refractivity contribution < 1.29 is 13.9 Å². The van der Waals surface area contributed by atoms with Gasteiger partial charge < -0.3 is 15.4 Å². The van der Waals surface area contributed by atoms with Crippen LogP contribution in [0.1, 0.15) is 42.5 Å². The fourth-order valence-corrected chi connectivity index (χ4v) is 4.34. The van der Waals surface area contributed by atoms with Gasteiger partial charge in [-0.05, 0) is 48.6 Å². The van der Waals surface area contributed by atoms with Gasteiger partial charge in [-0.15, -0.1) is 0 Å². The summed E-state index contributed by atoms with van der Waals surface area (Å²) >= 11 is 0. The smallest absolute Gasteiger partial charge is 0.255 e. The van der Waals surface area contributed by atoms with Gasteiger partial charge in [0.05, 0.1) is 6.04 Å². The lowest BCUT2D eigenvalue weighted by molar-refractivity contribution is -0.165. The Kier molecular flexibility index (Phi) is 4.74. The Balaban J connectivity index is 1.74. The first-order chi connectivity index (χ1) is 13.0. The zero-order valence-electron chi connectivity index (χ0n) is 15.5. The predicted octanol–water partition coefficient (Wildman–Crippen LogP) is 3.20. The molecule has 2 aliphatic heterocycles. The maximum Gasteiger partial charge on any atom is 0.255 e. The molecule has 1 fully saturated rings. The number of hydrogen-bond acceptors (Lipinski definition) is 3. The molecule has 4 rings (SSSR count). The molecule has 1 saturated heterocycles. The Hall–Kier alpha value is -2.24. The molecule has 0 spiro atoms. The largest absolute Gasteiger partial charge is 0.365 e. The molecule has 0 bridgehead atoms. The number of nitrogens with zero attached hydrogens (tertiary/aromatic N) is 1. The minimum atomic E-state index is -0.914. The van der Waals surface area contributed by atoms with Crippen molar-refractivity contribution in [2.24, 2.45) is 5.73 Å². The average molecular weight is 368 g/mol. The van der Waals surface area contributed by atoms with Crippen LogP contribution in [0, 0.1) is 5.82 Å². The average Bonchev–Trinajstić information content (AvgIpc) is 2.67. The second-order valence-electron chi connectivity index (χ2n) is 7.73. The number of amides is 1. The highest BCUT2D eigenvalue weighted by Crippen LogP contribution is 2.38. The van der Waals surface area contributed by atoms with Gasteiger partial charge in [-0.1, -0.05) is 36.4 Å². The van der Waals surface area contributed by atoms with Crippen LogP contribution in [0.25, 0.3) is 0 Å². The van der Waals surface area contributed by atoms with E-state index in [9.17, 15) is 9.18 Å². The van der Waals surface area contributed by atoms with E-state index in [0.717, 1.165) is 24.0 Å². The van der Waals surface area contributed by atoms with Crippen molar-refractivity contribution in [3.05, 3.63) is 71.0 Å². The Morgan fingerprint density at radius 2 is 1.96 bits per heavy atom. The highest BCUT2D eigenvalue weighted by molar-refractivity contribution is 5.86. The molecule has 2 N–H and O–H groups in total. The van der Waals surface area contributed by atoms with Crippen LogP contribution in [0.15, 0.2) is 48.5 Å². The normalized spacial score (nSPS) is 27.9. The molecule has 2 aromatic carbocycles. The summed E-state index contributed by atoms with van der Waals surface area (Å²) in [5.74, 6) is -0.323. The number of carbonyl (C=O) groups is 1. The molecule has 3 atom stereocenters. The quantitative estimate of drug-likeness (QED) is 0.886. The summed E-state index contributed by atoms with van der Waals surface area (Å²) in [5, 5.41) is 0. The van der Waals surface area contributed by atoms with E-state index >= 15 is 0 Å². The van der Waals surface area contributed by atoms with Crippen LogP contribution in [0.3, 0.4) is 0 Å². The van der Waals surface area contributed by atoms with E-state index in [1.165, 1.54) is 17.7 Å². The van der Waals surface area contributed by atoms with E-state index in [-0.39, 0.29) is 23.8 Å². The van der Waals surface area contributed by atoms with Crippen LogP contribution in [0.5, 0.6) is 0 Å². The zero-order valence-corrected chi connectivity index (χ0v) is 15.5. The second kappa shape index (κ2) is 7.06. The van der Waals surface area contributed by atoms with E-state index in [1.807, 2.05) is 24.0 Å². The lowest BCUT2D eigenvalue weighted by Gasteiger charge is -2.44. The summed E-state index contributed by atoms with van der Waals surface area (Å²) in [5.41, 5.74) is 8.43. The van der Waals surface area contributed by atoms with Crippen molar-refractivity contribution >= 4 is 5.91 Å².